The van der Waals surface area contributed by atoms with Crippen LogP contribution < -0.4 is 4.90 Å². The molecule has 2 rings (SSSR count). The molecule has 1 aliphatic heterocycles. The average molecular weight is 334 g/mol. The van der Waals surface area contributed by atoms with Gasteiger partial charge in [0.15, 0.2) is 0 Å². The maximum Gasteiger partial charge on any atom is 0.299 e. The zero-order chi connectivity index (χ0) is 12.6. The van der Waals surface area contributed by atoms with Gasteiger partial charge < -0.3 is 9.80 Å². The predicted molar refractivity (Wildman–Crippen MR) is 76.6 cm³/mol. The number of hydrogen-bond acceptors (Lipinski definition) is 3. The summed E-state index contributed by atoms with van der Waals surface area (Å²) in [7, 11) is 3.87. The molecule has 1 amide bonds. The Morgan fingerprint density at radius 1 is 1.28 bits per heavy atom. The number of ketones is 1. The van der Waals surface area contributed by atoms with Crippen LogP contribution in [0.15, 0.2) is 22.7 Å². The smallest absolute Gasteiger partial charge is 0.299 e. The minimum absolute atomic E-state index is 0. The van der Waals surface area contributed by atoms with Gasteiger partial charge in [0, 0.05) is 17.6 Å². The molecule has 6 heteroatoms. The first kappa shape index (κ1) is 15.1. The largest absolute Gasteiger partial charge is 0.308 e. The third-order valence-electron chi connectivity index (χ3n) is 2.71. The highest BCUT2D eigenvalue weighted by molar-refractivity contribution is 9.10. The predicted octanol–water partition coefficient (Wildman–Crippen LogP) is 1.96. The number of nitrogens with zero attached hydrogens (tertiary/aromatic N) is 2. The van der Waals surface area contributed by atoms with Crippen molar-refractivity contribution in [1.29, 1.82) is 0 Å². The second kappa shape index (κ2) is 5.82. The zero-order valence-corrected chi connectivity index (χ0v) is 12.5. The molecule has 18 heavy (non-hydrogen) atoms. The summed E-state index contributed by atoms with van der Waals surface area (Å²) in [4.78, 5) is 27.1. The van der Waals surface area contributed by atoms with E-state index in [-0.39, 0.29) is 12.4 Å². The van der Waals surface area contributed by atoms with Crippen molar-refractivity contribution in [2.24, 2.45) is 0 Å². The van der Waals surface area contributed by atoms with Crippen LogP contribution in [0, 0.1) is 0 Å². The molecule has 1 aromatic rings. The van der Waals surface area contributed by atoms with Crippen molar-refractivity contribution in [3.8, 4) is 0 Å². The van der Waals surface area contributed by atoms with Gasteiger partial charge in [-0.2, -0.15) is 0 Å². The normalized spacial score (nSPS) is 13.9. The van der Waals surface area contributed by atoms with Crippen molar-refractivity contribution < 1.29 is 9.59 Å². The number of benzene rings is 1. The second-order valence-electron chi connectivity index (χ2n) is 4.25. The van der Waals surface area contributed by atoms with Crippen LogP contribution in [-0.4, -0.2) is 43.8 Å². The standard InChI is InChI=1S/C12H13BrN2O2.ClH/c1-14(2)5-6-15-10-7-8(13)3-4-9(10)11(16)12(15)17;/h3-4,7H,5-6H2,1-2H3;1H. The molecule has 0 bridgehead atoms. The summed E-state index contributed by atoms with van der Waals surface area (Å²) >= 11 is 3.35. The first-order valence-electron chi connectivity index (χ1n) is 5.31. The van der Waals surface area contributed by atoms with E-state index in [1.807, 2.05) is 25.1 Å². The molecule has 1 heterocycles. The summed E-state index contributed by atoms with van der Waals surface area (Å²) in [5, 5.41) is 0. The minimum atomic E-state index is -0.431. The highest BCUT2D eigenvalue weighted by Gasteiger charge is 2.35. The Hall–Kier alpha value is -0.910. The average Bonchev–Trinajstić information content (AvgIpc) is 2.49. The van der Waals surface area contributed by atoms with Gasteiger partial charge in [0.1, 0.15) is 0 Å². The summed E-state index contributed by atoms with van der Waals surface area (Å²) in [5.41, 5.74) is 1.20. The zero-order valence-electron chi connectivity index (χ0n) is 10.1. The Kier molecular flexibility index (Phi) is 4.90. The monoisotopic (exact) mass is 332 g/mol. The lowest BCUT2D eigenvalue weighted by Gasteiger charge is -2.19. The second-order valence-corrected chi connectivity index (χ2v) is 5.17. The van der Waals surface area contributed by atoms with E-state index in [0.29, 0.717) is 17.8 Å². The fourth-order valence-corrected chi connectivity index (χ4v) is 2.14. The van der Waals surface area contributed by atoms with Crippen LogP contribution in [0.4, 0.5) is 5.69 Å². The maximum absolute atomic E-state index is 11.8. The lowest BCUT2D eigenvalue weighted by Crippen LogP contribution is -2.35. The molecule has 0 radical (unpaired) electrons. The molecular formula is C12H14BrClN2O2. The van der Waals surface area contributed by atoms with Crippen LogP contribution in [0.3, 0.4) is 0 Å². The molecule has 1 aromatic carbocycles. The number of rotatable bonds is 3. The van der Waals surface area contributed by atoms with Gasteiger partial charge in [-0.15, -0.1) is 12.4 Å². The number of halogens is 2. The lowest BCUT2D eigenvalue weighted by atomic mass is 10.1. The molecule has 1 aliphatic rings. The van der Waals surface area contributed by atoms with Gasteiger partial charge in [-0.05, 0) is 32.3 Å². The Morgan fingerprint density at radius 3 is 2.56 bits per heavy atom. The van der Waals surface area contributed by atoms with Crippen LogP contribution in [0.1, 0.15) is 10.4 Å². The van der Waals surface area contributed by atoms with Gasteiger partial charge in [0.2, 0.25) is 0 Å². The maximum atomic E-state index is 11.8. The molecule has 0 saturated heterocycles. The Balaban J connectivity index is 0.00000162. The van der Waals surface area contributed by atoms with Crippen molar-refractivity contribution in [2.45, 2.75) is 0 Å². The fourth-order valence-electron chi connectivity index (χ4n) is 1.79. The molecular weight excluding hydrogens is 320 g/mol. The fraction of sp³-hybridized carbons (Fsp3) is 0.333. The van der Waals surface area contributed by atoms with E-state index >= 15 is 0 Å². The number of hydrogen-bond donors (Lipinski definition) is 0. The molecule has 0 unspecified atom stereocenters. The highest BCUT2D eigenvalue weighted by atomic mass is 79.9. The van der Waals surface area contributed by atoms with Crippen LogP contribution in [0.25, 0.3) is 0 Å². The van der Waals surface area contributed by atoms with Gasteiger partial charge >= 0.3 is 0 Å². The van der Waals surface area contributed by atoms with E-state index in [1.54, 1.807) is 17.0 Å². The Bertz CT molecular complexity index is 491. The quantitative estimate of drug-likeness (QED) is 0.794. The molecule has 0 spiro atoms. The molecule has 4 nitrogen and oxygen atoms in total. The first-order valence-corrected chi connectivity index (χ1v) is 6.10. The van der Waals surface area contributed by atoms with E-state index in [9.17, 15) is 9.59 Å². The number of amides is 1. The highest BCUT2D eigenvalue weighted by Crippen LogP contribution is 2.31. The van der Waals surface area contributed by atoms with Gasteiger partial charge in [-0.25, -0.2) is 0 Å². The molecule has 0 atom stereocenters. The number of carbonyl (C=O) groups excluding carboxylic acids is 2. The van der Waals surface area contributed by atoms with Crippen molar-refractivity contribution in [1.82, 2.24) is 4.90 Å². The summed E-state index contributed by atoms with van der Waals surface area (Å²) in [6.45, 7) is 1.26. The minimum Gasteiger partial charge on any atom is -0.308 e. The molecule has 0 saturated carbocycles. The number of Topliss-reactive ketones (excluding diaryl/α,β-unsaturated/α-hetero) is 1. The first-order chi connectivity index (χ1) is 8.00. The van der Waals surface area contributed by atoms with Gasteiger partial charge in [0.05, 0.1) is 11.3 Å². The Labute approximate surface area is 120 Å². The van der Waals surface area contributed by atoms with Crippen molar-refractivity contribution in [3.63, 3.8) is 0 Å². The SMILES string of the molecule is CN(C)CCN1C(=O)C(=O)c2ccc(Br)cc21.Cl. The molecule has 0 aliphatic carbocycles. The number of carbonyl (C=O) groups is 2. The van der Waals surface area contributed by atoms with E-state index in [2.05, 4.69) is 15.9 Å². The van der Waals surface area contributed by atoms with Crippen LogP contribution in [0.2, 0.25) is 0 Å². The van der Waals surface area contributed by atoms with E-state index in [1.165, 1.54) is 0 Å². The molecule has 98 valence electrons. The number of likely N-dealkylation sites (N-methyl/N-ethyl adjacent to an activating group) is 1. The third-order valence-corrected chi connectivity index (χ3v) is 3.20. The number of fused-ring (bicyclic) bond motifs is 1. The van der Waals surface area contributed by atoms with Crippen LogP contribution in [0.5, 0.6) is 0 Å². The summed E-state index contributed by atoms with van der Waals surface area (Å²) < 4.78 is 0.869. The summed E-state index contributed by atoms with van der Waals surface area (Å²) in [6, 6.07) is 5.28. The lowest BCUT2D eigenvalue weighted by molar-refractivity contribution is -0.114. The number of anilines is 1. The third kappa shape index (κ3) is 2.74. The van der Waals surface area contributed by atoms with Gasteiger partial charge in [0.25, 0.3) is 11.7 Å². The van der Waals surface area contributed by atoms with E-state index < -0.39 is 11.7 Å². The molecule has 0 N–H and O–H groups in total. The summed E-state index contributed by atoms with van der Waals surface area (Å²) in [6.07, 6.45) is 0. The molecule has 0 fully saturated rings. The van der Waals surface area contributed by atoms with E-state index in [4.69, 9.17) is 0 Å². The molecule has 0 aromatic heterocycles. The van der Waals surface area contributed by atoms with E-state index in [0.717, 1.165) is 11.0 Å². The van der Waals surface area contributed by atoms with Crippen molar-refractivity contribution in [2.75, 3.05) is 32.1 Å². The van der Waals surface area contributed by atoms with Crippen LogP contribution in [-0.2, 0) is 4.79 Å². The van der Waals surface area contributed by atoms with Crippen molar-refractivity contribution in [3.05, 3.63) is 28.2 Å². The topological polar surface area (TPSA) is 40.6 Å². The van der Waals surface area contributed by atoms with Crippen molar-refractivity contribution >= 4 is 45.7 Å². The summed E-state index contributed by atoms with van der Waals surface area (Å²) in [5.74, 6) is -0.841. The Morgan fingerprint density at radius 2 is 1.94 bits per heavy atom. The van der Waals surface area contributed by atoms with Crippen LogP contribution >= 0.6 is 28.3 Å². The van der Waals surface area contributed by atoms with Gasteiger partial charge in [-0.1, -0.05) is 15.9 Å². The van der Waals surface area contributed by atoms with Gasteiger partial charge in [-0.3, -0.25) is 9.59 Å².